The van der Waals surface area contributed by atoms with Gasteiger partial charge in [-0.15, -0.1) is 0 Å². The highest BCUT2D eigenvalue weighted by atomic mass is 16.5. The third kappa shape index (κ3) is 4.32. The highest BCUT2D eigenvalue weighted by Crippen LogP contribution is 2.04. The van der Waals surface area contributed by atoms with Gasteiger partial charge in [0.1, 0.15) is 12.3 Å². The highest BCUT2D eigenvalue weighted by Gasteiger charge is 2.03. The molecule has 2 aromatic heterocycles. The highest BCUT2D eigenvalue weighted by molar-refractivity contribution is 5.77. The molecule has 0 unspecified atom stereocenters. The van der Waals surface area contributed by atoms with Crippen LogP contribution in [0.25, 0.3) is 5.65 Å². The summed E-state index contributed by atoms with van der Waals surface area (Å²) >= 11 is 0. The van der Waals surface area contributed by atoms with Gasteiger partial charge in [-0.05, 0) is 12.1 Å². The number of carbonyl (C=O) groups is 1. The smallest absolute Gasteiger partial charge is 0.246 e. The third-order valence-electron chi connectivity index (χ3n) is 2.78. The van der Waals surface area contributed by atoms with Crippen LogP contribution in [0.4, 0.5) is 0 Å². The number of nitrogens with one attached hydrogen (secondary N) is 1. The SMILES string of the molecule is COCCOCC(=O)NCCc1cn2ccccc2n1. The lowest BCUT2D eigenvalue weighted by atomic mass is 10.3. The van der Waals surface area contributed by atoms with E-state index in [4.69, 9.17) is 9.47 Å². The van der Waals surface area contributed by atoms with Crippen molar-refractivity contribution < 1.29 is 14.3 Å². The van der Waals surface area contributed by atoms with Gasteiger partial charge in [0.2, 0.25) is 5.91 Å². The number of nitrogens with zero attached hydrogens (tertiary/aromatic N) is 2. The summed E-state index contributed by atoms with van der Waals surface area (Å²) in [6, 6.07) is 5.86. The summed E-state index contributed by atoms with van der Waals surface area (Å²) in [6.45, 7) is 1.54. The molecular weight excluding hydrogens is 258 g/mol. The molecule has 0 aromatic carbocycles. The zero-order valence-corrected chi connectivity index (χ0v) is 11.5. The minimum absolute atomic E-state index is 0.0640. The molecule has 20 heavy (non-hydrogen) atoms. The first-order valence-corrected chi connectivity index (χ1v) is 6.55. The number of imidazole rings is 1. The van der Waals surface area contributed by atoms with Crippen molar-refractivity contribution in [3.63, 3.8) is 0 Å². The average Bonchev–Trinajstić information content (AvgIpc) is 2.86. The minimum atomic E-state index is -0.120. The molecule has 6 heteroatoms. The molecule has 0 saturated heterocycles. The molecule has 0 aliphatic rings. The lowest BCUT2D eigenvalue weighted by Gasteiger charge is -2.04. The number of pyridine rings is 1. The van der Waals surface area contributed by atoms with Crippen LogP contribution in [0.2, 0.25) is 0 Å². The summed E-state index contributed by atoms with van der Waals surface area (Å²) in [5.41, 5.74) is 1.87. The van der Waals surface area contributed by atoms with Crippen LogP contribution in [0.5, 0.6) is 0 Å². The molecule has 2 rings (SSSR count). The van der Waals surface area contributed by atoms with Gasteiger partial charge in [0, 0.05) is 32.5 Å². The van der Waals surface area contributed by atoms with Gasteiger partial charge in [0.25, 0.3) is 0 Å². The van der Waals surface area contributed by atoms with Crippen molar-refractivity contribution in [2.75, 3.05) is 33.5 Å². The number of hydrogen-bond acceptors (Lipinski definition) is 4. The van der Waals surface area contributed by atoms with E-state index < -0.39 is 0 Å². The number of ether oxygens (including phenoxy) is 2. The maximum atomic E-state index is 11.5. The fourth-order valence-corrected chi connectivity index (χ4v) is 1.80. The molecule has 2 heterocycles. The number of carbonyl (C=O) groups excluding carboxylic acids is 1. The molecule has 6 nitrogen and oxygen atoms in total. The molecule has 0 spiro atoms. The van der Waals surface area contributed by atoms with Crippen molar-refractivity contribution in [3.8, 4) is 0 Å². The number of fused-ring (bicyclic) bond motifs is 1. The van der Waals surface area contributed by atoms with Gasteiger partial charge in [-0.1, -0.05) is 6.07 Å². The Kier molecular flexibility index (Phi) is 5.52. The molecule has 0 fully saturated rings. The second-order valence-electron chi connectivity index (χ2n) is 4.34. The van der Waals surface area contributed by atoms with Crippen molar-refractivity contribution in [2.24, 2.45) is 0 Å². The summed E-state index contributed by atoms with van der Waals surface area (Å²) < 4.78 is 11.9. The van der Waals surface area contributed by atoms with Crippen molar-refractivity contribution in [2.45, 2.75) is 6.42 Å². The van der Waals surface area contributed by atoms with Gasteiger partial charge in [-0.3, -0.25) is 4.79 Å². The van der Waals surface area contributed by atoms with Crippen LogP contribution < -0.4 is 5.32 Å². The Balaban J connectivity index is 1.68. The van der Waals surface area contributed by atoms with Crippen LogP contribution in [0.3, 0.4) is 0 Å². The average molecular weight is 277 g/mol. The lowest BCUT2D eigenvalue weighted by molar-refractivity contribution is -0.126. The molecule has 2 aromatic rings. The molecule has 0 aliphatic heterocycles. The van der Waals surface area contributed by atoms with E-state index in [9.17, 15) is 4.79 Å². The molecule has 108 valence electrons. The van der Waals surface area contributed by atoms with Gasteiger partial charge >= 0.3 is 0 Å². The summed E-state index contributed by atoms with van der Waals surface area (Å²) in [7, 11) is 1.60. The van der Waals surface area contributed by atoms with Gasteiger partial charge in [0.15, 0.2) is 0 Å². The Morgan fingerprint density at radius 1 is 1.40 bits per heavy atom. The normalized spacial score (nSPS) is 10.8. The first kappa shape index (κ1) is 14.5. The predicted octanol–water partition coefficient (Wildman–Crippen LogP) is 0.656. The van der Waals surface area contributed by atoms with Crippen LogP contribution in [0, 0.1) is 0 Å². The lowest BCUT2D eigenvalue weighted by Crippen LogP contribution is -2.30. The molecule has 0 bridgehead atoms. The van der Waals surface area contributed by atoms with Gasteiger partial charge in [-0.25, -0.2) is 4.98 Å². The first-order chi connectivity index (χ1) is 9.79. The summed E-state index contributed by atoms with van der Waals surface area (Å²) in [4.78, 5) is 15.9. The number of rotatable bonds is 8. The molecule has 0 radical (unpaired) electrons. The molecule has 0 atom stereocenters. The van der Waals surface area contributed by atoms with E-state index >= 15 is 0 Å². The second-order valence-corrected chi connectivity index (χ2v) is 4.34. The molecular formula is C14H19N3O3. The monoisotopic (exact) mass is 277 g/mol. The van der Waals surface area contributed by atoms with Crippen molar-refractivity contribution >= 4 is 11.6 Å². The zero-order chi connectivity index (χ0) is 14.2. The Bertz CT molecular complexity index is 520. The van der Waals surface area contributed by atoms with E-state index in [1.54, 1.807) is 7.11 Å². The van der Waals surface area contributed by atoms with Crippen molar-refractivity contribution in [1.29, 1.82) is 0 Å². The van der Waals surface area contributed by atoms with Crippen LogP contribution in [0.15, 0.2) is 30.6 Å². The summed E-state index contributed by atoms with van der Waals surface area (Å²) in [5.74, 6) is -0.120. The molecule has 1 N–H and O–H groups in total. The maximum absolute atomic E-state index is 11.5. The predicted molar refractivity (Wildman–Crippen MR) is 74.6 cm³/mol. The largest absolute Gasteiger partial charge is 0.382 e. The van der Waals surface area contributed by atoms with Crippen LogP contribution in [0.1, 0.15) is 5.69 Å². The van der Waals surface area contributed by atoms with Crippen LogP contribution in [-0.2, 0) is 20.7 Å². The standard InChI is InChI=1S/C14H19N3O3/c1-19-8-9-20-11-14(18)15-6-5-12-10-17-7-3-2-4-13(17)16-12/h2-4,7,10H,5-6,8-9,11H2,1H3,(H,15,18). The van der Waals surface area contributed by atoms with E-state index in [2.05, 4.69) is 10.3 Å². The fourth-order valence-electron chi connectivity index (χ4n) is 1.80. The zero-order valence-electron chi connectivity index (χ0n) is 11.5. The van der Waals surface area contributed by atoms with Gasteiger partial charge in [-0.2, -0.15) is 0 Å². The van der Waals surface area contributed by atoms with E-state index in [1.807, 2.05) is 35.0 Å². The Morgan fingerprint density at radius 2 is 2.30 bits per heavy atom. The second kappa shape index (κ2) is 7.62. The maximum Gasteiger partial charge on any atom is 0.246 e. The van der Waals surface area contributed by atoms with Crippen molar-refractivity contribution in [1.82, 2.24) is 14.7 Å². The van der Waals surface area contributed by atoms with Gasteiger partial charge in [0.05, 0.1) is 18.9 Å². The first-order valence-electron chi connectivity index (χ1n) is 6.55. The number of amides is 1. The minimum Gasteiger partial charge on any atom is -0.382 e. The van der Waals surface area contributed by atoms with E-state index in [-0.39, 0.29) is 12.5 Å². The van der Waals surface area contributed by atoms with Crippen LogP contribution in [-0.4, -0.2) is 48.8 Å². The third-order valence-corrected chi connectivity index (χ3v) is 2.78. The van der Waals surface area contributed by atoms with E-state index in [0.29, 0.717) is 26.2 Å². The van der Waals surface area contributed by atoms with Gasteiger partial charge < -0.3 is 19.2 Å². The number of methoxy groups -OCH3 is 1. The summed E-state index contributed by atoms with van der Waals surface area (Å²) in [5, 5.41) is 2.80. The summed E-state index contributed by atoms with van der Waals surface area (Å²) in [6.07, 6.45) is 4.62. The van der Waals surface area contributed by atoms with E-state index in [0.717, 1.165) is 11.3 Å². The fraction of sp³-hybridized carbons (Fsp3) is 0.429. The Morgan fingerprint density at radius 3 is 3.10 bits per heavy atom. The molecule has 1 amide bonds. The quantitative estimate of drug-likeness (QED) is 0.720. The van der Waals surface area contributed by atoms with Crippen LogP contribution >= 0.6 is 0 Å². The Labute approximate surface area is 117 Å². The molecule has 0 saturated carbocycles. The van der Waals surface area contributed by atoms with Crippen molar-refractivity contribution in [3.05, 3.63) is 36.3 Å². The molecule has 0 aliphatic carbocycles. The number of hydrogen-bond donors (Lipinski definition) is 1. The topological polar surface area (TPSA) is 64.9 Å². The Hall–Kier alpha value is -1.92. The number of aromatic nitrogens is 2. The van der Waals surface area contributed by atoms with E-state index in [1.165, 1.54) is 0 Å².